The number of rotatable bonds is 0. The number of hydrogen-bond acceptors (Lipinski definition) is 2. The Kier molecular flexibility index (Phi) is 2.03. The van der Waals surface area contributed by atoms with Crippen LogP contribution < -0.4 is 10.1 Å². The molecule has 0 saturated carbocycles. The summed E-state index contributed by atoms with van der Waals surface area (Å²) >= 11 is 0. The molecule has 0 aromatic heterocycles. The molecule has 1 aromatic carbocycles. The summed E-state index contributed by atoms with van der Waals surface area (Å²) in [6, 6.07) is 8.57. The van der Waals surface area contributed by atoms with Gasteiger partial charge in [-0.15, -0.1) is 0 Å². The molecule has 0 bridgehead atoms. The molecule has 3 rings (SSSR count). The van der Waals surface area contributed by atoms with Gasteiger partial charge in [0.25, 0.3) is 0 Å². The third-order valence-electron chi connectivity index (χ3n) is 3.82. The molecule has 0 amide bonds. The van der Waals surface area contributed by atoms with Crippen molar-refractivity contribution in [1.29, 1.82) is 0 Å². The van der Waals surface area contributed by atoms with Crippen LogP contribution in [0.1, 0.15) is 18.4 Å². The molecule has 1 fully saturated rings. The molecule has 1 spiro atoms. The first kappa shape index (κ1) is 9.28. The minimum atomic E-state index is 0.316. The van der Waals surface area contributed by atoms with E-state index in [0.29, 0.717) is 5.41 Å². The van der Waals surface area contributed by atoms with E-state index in [1.54, 1.807) is 0 Å². The fourth-order valence-corrected chi connectivity index (χ4v) is 3.00. The van der Waals surface area contributed by atoms with E-state index in [0.717, 1.165) is 19.6 Å². The molecule has 2 aliphatic heterocycles. The summed E-state index contributed by atoms with van der Waals surface area (Å²) in [6.07, 6.45) is 2.41. The lowest BCUT2D eigenvalue weighted by Crippen LogP contribution is -2.42. The van der Waals surface area contributed by atoms with Crippen molar-refractivity contribution in [2.24, 2.45) is 0 Å². The first-order chi connectivity index (χ1) is 7.32. The zero-order chi connectivity index (χ0) is 10.3. The SMILES string of the molecule is [B]N1CC2(CCNCC2)c2ccccc21. The van der Waals surface area contributed by atoms with Crippen LogP contribution in [0.25, 0.3) is 0 Å². The molecule has 1 N–H and O–H groups in total. The second-order valence-electron chi connectivity index (χ2n) is 4.68. The Labute approximate surface area is 92.1 Å². The van der Waals surface area contributed by atoms with Gasteiger partial charge in [0.15, 0.2) is 0 Å². The van der Waals surface area contributed by atoms with Crippen molar-refractivity contribution in [2.45, 2.75) is 18.3 Å². The van der Waals surface area contributed by atoms with Crippen molar-refractivity contribution in [3.8, 4) is 0 Å². The molecule has 76 valence electrons. The van der Waals surface area contributed by atoms with Gasteiger partial charge in [0.05, 0.1) is 0 Å². The summed E-state index contributed by atoms with van der Waals surface area (Å²) in [4.78, 5) is 1.92. The van der Waals surface area contributed by atoms with Gasteiger partial charge >= 0.3 is 0 Å². The van der Waals surface area contributed by atoms with Crippen molar-refractivity contribution in [3.63, 3.8) is 0 Å². The molecule has 2 aliphatic rings. The summed E-state index contributed by atoms with van der Waals surface area (Å²) in [6.45, 7) is 3.21. The minimum Gasteiger partial charge on any atom is -0.424 e. The smallest absolute Gasteiger partial charge is 0.226 e. The second kappa shape index (κ2) is 3.27. The third-order valence-corrected chi connectivity index (χ3v) is 3.82. The lowest BCUT2D eigenvalue weighted by Gasteiger charge is -2.34. The Balaban J connectivity index is 2.06. The van der Waals surface area contributed by atoms with Crippen LogP contribution in [-0.4, -0.2) is 27.6 Å². The van der Waals surface area contributed by atoms with Gasteiger partial charge in [-0.1, -0.05) is 18.2 Å². The Morgan fingerprint density at radius 1 is 1.20 bits per heavy atom. The van der Waals surface area contributed by atoms with Gasteiger partial charge in [0, 0.05) is 17.6 Å². The second-order valence-corrected chi connectivity index (χ2v) is 4.68. The largest absolute Gasteiger partial charge is 0.424 e. The zero-order valence-electron chi connectivity index (χ0n) is 8.87. The summed E-state index contributed by atoms with van der Waals surface area (Å²) in [7, 11) is 6.06. The maximum Gasteiger partial charge on any atom is 0.226 e. The van der Waals surface area contributed by atoms with E-state index in [1.807, 2.05) is 4.81 Å². The van der Waals surface area contributed by atoms with Gasteiger partial charge in [-0.3, -0.25) is 0 Å². The van der Waals surface area contributed by atoms with Crippen molar-refractivity contribution in [1.82, 2.24) is 5.32 Å². The van der Waals surface area contributed by atoms with E-state index in [1.165, 1.54) is 24.1 Å². The molecule has 0 aliphatic carbocycles. The number of nitrogens with one attached hydrogen (secondary N) is 1. The highest BCUT2D eigenvalue weighted by Gasteiger charge is 2.41. The number of para-hydroxylation sites is 1. The minimum absolute atomic E-state index is 0.316. The highest BCUT2D eigenvalue weighted by Crippen LogP contribution is 2.44. The molecule has 0 atom stereocenters. The van der Waals surface area contributed by atoms with Gasteiger partial charge in [0.1, 0.15) is 0 Å². The average molecular weight is 198 g/mol. The topological polar surface area (TPSA) is 15.3 Å². The molecule has 1 saturated heterocycles. The Hall–Kier alpha value is -0.955. The number of hydrogen-bond donors (Lipinski definition) is 1. The summed E-state index contributed by atoms with van der Waals surface area (Å²) in [5.74, 6) is 0. The predicted molar refractivity (Wildman–Crippen MR) is 63.3 cm³/mol. The van der Waals surface area contributed by atoms with Crippen LogP contribution in [0, 0.1) is 0 Å². The molecule has 0 unspecified atom stereocenters. The van der Waals surface area contributed by atoms with Crippen LogP contribution in [-0.2, 0) is 5.41 Å². The quantitative estimate of drug-likeness (QED) is 0.630. The fraction of sp³-hybridized carbons (Fsp3) is 0.500. The van der Waals surface area contributed by atoms with Gasteiger partial charge < -0.3 is 10.1 Å². The first-order valence-corrected chi connectivity index (χ1v) is 5.64. The molecular formula is C12H15BN2. The molecule has 2 nitrogen and oxygen atoms in total. The van der Waals surface area contributed by atoms with E-state index in [4.69, 9.17) is 7.98 Å². The van der Waals surface area contributed by atoms with E-state index in [2.05, 4.69) is 29.6 Å². The van der Waals surface area contributed by atoms with Crippen LogP contribution in [0.15, 0.2) is 24.3 Å². The maximum absolute atomic E-state index is 6.06. The fourth-order valence-electron chi connectivity index (χ4n) is 3.00. The van der Waals surface area contributed by atoms with Gasteiger partial charge in [-0.25, -0.2) is 0 Å². The molecule has 2 radical (unpaired) electrons. The summed E-state index contributed by atoms with van der Waals surface area (Å²) in [5.41, 5.74) is 2.99. The summed E-state index contributed by atoms with van der Waals surface area (Å²) in [5, 5.41) is 3.42. The third kappa shape index (κ3) is 1.30. The van der Waals surface area contributed by atoms with Crippen LogP contribution in [0.5, 0.6) is 0 Å². The van der Waals surface area contributed by atoms with Crippen LogP contribution in [0.4, 0.5) is 5.69 Å². The standard InChI is InChI=1S/C12H15BN2/c13-15-9-12(5-7-14-8-6-12)10-3-1-2-4-11(10)15/h1-4,14H,5-9H2. The number of nitrogens with zero attached hydrogens (tertiary/aromatic N) is 1. The number of piperidine rings is 1. The normalized spacial score (nSPS) is 23.1. The maximum atomic E-state index is 6.06. The van der Waals surface area contributed by atoms with Crippen molar-refractivity contribution in [3.05, 3.63) is 29.8 Å². The molecule has 3 heteroatoms. The highest BCUT2D eigenvalue weighted by atomic mass is 15.1. The van der Waals surface area contributed by atoms with E-state index in [-0.39, 0.29) is 0 Å². The van der Waals surface area contributed by atoms with Gasteiger partial charge in [-0.05, 0) is 37.6 Å². The van der Waals surface area contributed by atoms with E-state index >= 15 is 0 Å². The Bertz CT molecular complexity index is 372. The summed E-state index contributed by atoms with van der Waals surface area (Å²) < 4.78 is 0. The zero-order valence-corrected chi connectivity index (χ0v) is 8.87. The average Bonchev–Trinajstić information content (AvgIpc) is 2.55. The van der Waals surface area contributed by atoms with Crippen molar-refractivity contribution in [2.75, 3.05) is 24.4 Å². The van der Waals surface area contributed by atoms with Crippen LogP contribution in [0.2, 0.25) is 0 Å². The van der Waals surface area contributed by atoms with Gasteiger partial charge in [0.2, 0.25) is 7.98 Å². The highest BCUT2D eigenvalue weighted by molar-refractivity contribution is 6.19. The molecule has 2 heterocycles. The number of fused-ring (bicyclic) bond motifs is 2. The van der Waals surface area contributed by atoms with Crippen molar-refractivity contribution >= 4 is 13.7 Å². The lowest BCUT2D eigenvalue weighted by molar-refractivity contribution is 0.331. The first-order valence-electron chi connectivity index (χ1n) is 5.64. The van der Waals surface area contributed by atoms with Gasteiger partial charge in [-0.2, -0.15) is 0 Å². The van der Waals surface area contributed by atoms with Crippen LogP contribution >= 0.6 is 0 Å². The monoisotopic (exact) mass is 198 g/mol. The Morgan fingerprint density at radius 3 is 2.73 bits per heavy atom. The molecule has 1 aromatic rings. The number of benzene rings is 1. The van der Waals surface area contributed by atoms with Crippen molar-refractivity contribution < 1.29 is 0 Å². The molecule has 15 heavy (non-hydrogen) atoms. The lowest BCUT2D eigenvalue weighted by atomic mass is 9.75. The molecular weight excluding hydrogens is 183 g/mol. The number of anilines is 1. The van der Waals surface area contributed by atoms with E-state index in [9.17, 15) is 0 Å². The van der Waals surface area contributed by atoms with E-state index < -0.39 is 0 Å². The van der Waals surface area contributed by atoms with Crippen LogP contribution in [0.3, 0.4) is 0 Å². The predicted octanol–water partition coefficient (Wildman–Crippen LogP) is 1.21. The Morgan fingerprint density at radius 2 is 1.93 bits per heavy atom.